The number of nitrogen functional groups attached to an aromatic ring is 1. The molecule has 2 heterocycles. The summed E-state index contributed by atoms with van der Waals surface area (Å²) < 4.78 is 43.1. The number of unbranched alkanes of at least 4 members (excludes halogenated alkanes) is 1. The zero-order valence-corrected chi connectivity index (χ0v) is 13.8. The third-order valence-electron chi connectivity index (χ3n) is 3.62. The second-order valence-electron chi connectivity index (χ2n) is 5.55. The van der Waals surface area contributed by atoms with Gasteiger partial charge in [0.25, 0.3) is 0 Å². The van der Waals surface area contributed by atoms with E-state index in [0.717, 1.165) is 0 Å². The lowest BCUT2D eigenvalue weighted by Crippen LogP contribution is -2.13. The summed E-state index contributed by atoms with van der Waals surface area (Å²) in [5, 5.41) is 4.58. The first kappa shape index (κ1) is 18.8. The lowest BCUT2D eigenvalue weighted by molar-refractivity contribution is -0.135. The molecule has 0 amide bonds. The number of esters is 1. The molecule has 0 fully saturated rings. The normalized spacial score (nSPS) is 11.7. The molecule has 0 atom stereocenters. The van der Waals surface area contributed by atoms with E-state index in [-0.39, 0.29) is 30.8 Å². The number of aryl methyl sites for hydroxylation is 2. The number of nitrogens with two attached hydrogens (primary N) is 1. The Kier molecular flexibility index (Phi) is 5.66. The summed E-state index contributed by atoms with van der Waals surface area (Å²) in [4.78, 5) is 16.4. The third kappa shape index (κ3) is 4.49. The van der Waals surface area contributed by atoms with Gasteiger partial charge in [0.05, 0.1) is 23.0 Å². The van der Waals surface area contributed by atoms with Gasteiger partial charge in [-0.1, -0.05) is 12.7 Å². The van der Waals surface area contributed by atoms with E-state index in [0.29, 0.717) is 23.1 Å². The Morgan fingerprint density at radius 2 is 2.16 bits per heavy atom. The summed E-state index contributed by atoms with van der Waals surface area (Å²) >= 11 is 0. The number of pyridine rings is 1. The molecule has 0 aliphatic heterocycles. The van der Waals surface area contributed by atoms with Crippen molar-refractivity contribution in [3.63, 3.8) is 0 Å². The first-order valence-corrected chi connectivity index (χ1v) is 7.71. The molecule has 0 aliphatic carbocycles. The SMILES string of the molecule is C=CCOC(=O)c1c(C)nc2c(cnn2CCCCC(F)(F)F)c1N. The number of carbonyl (C=O) groups is 1. The number of ether oxygens (including phenoxy) is 1. The molecule has 2 N–H and O–H groups in total. The smallest absolute Gasteiger partial charge is 0.389 e. The van der Waals surface area contributed by atoms with Gasteiger partial charge in [0.1, 0.15) is 12.2 Å². The van der Waals surface area contributed by atoms with Gasteiger partial charge in [0.15, 0.2) is 5.65 Å². The van der Waals surface area contributed by atoms with E-state index < -0.39 is 18.6 Å². The van der Waals surface area contributed by atoms with Crippen LogP contribution in [0.1, 0.15) is 35.3 Å². The number of fused-ring (bicyclic) bond motifs is 1. The quantitative estimate of drug-likeness (QED) is 0.467. The van der Waals surface area contributed by atoms with Crippen LogP contribution < -0.4 is 5.73 Å². The standard InChI is InChI=1S/C16H19F3N4O2/c1-3-8-25-15(24)12-10(2)22-14-11(13(12)20)9-21-23(14)7-5-4-6-16(17,18)19/h3,9H,1,4-8H2,2H3,(H2,20,22). The lowest BCUT2D eigenvalue weighted by atomic mass is 10.1. The van der Waals surface area contributed by atoms with Gasteiger partial charge in [-0.15, -0.1) is 0 Å². The highest BCUT2D eigenvalue weighted by atomic mass is 19.4. The summed E-state index contributed by atoms with van der Waals surface area (Å²) in [6, 6.07) is 0. The number of nitrogens with zero attached hydrogens (tertiary/aromatic N) is 3. The number of hydrogen-bond acceptors (Lipinski definition) is 5. The second-order valence-corrected chi connectivity index (χ2v) is 5.55. The van der Waals surface area contributed by atoms with E-state index in [2.05, 4.69) is 16.7 Å². The summed E-state index contributed by atoms with van der Waals surface area (Å²) in [5.41, 5.74) is 7.20. The third-order valence-corrected chi connectivity index (χ3v) is 3.62. The minimum atomic E-state index is -4.16. The van der Waals surface area contributed by atoms with Crippen molar-refractivity contribution >= 4 is 22.7 Å². The average molecular weight is 356 g/mol. The Balaban J connectivity index is 2.21. The molecule has 0 saturated heterocycles. The van der Waals surface area contributed by atoms with E-state index in [1.165, 1.54) is 17.0 Å². The monoisotopic (exact) mass is 356 g/mol. The first-order chi connectivity index (χ1) is 11.7. The van der Waals surface area contributed by atoms with Crippen molar-refractivity contribution in [3.05, 3.63) is 30.1 Å². The molecule has 136 valence electrons. The highest BCUT2D eigenvalue weighted by Gasteiger charge is 2.26. The number of halogens is 3. The zero-order chi connectivity index (χ0) is 18.6. The summed E-state index contributed by atoms with van der Waals surface area (Å²) in [6.45, 7) is 5.41. The molecule has 0 saturated carbocycles. The van der Waals surface area contributed by atoms with E-state index in [1.54, 1.807) is 6.92 Å². The fourth-order valence-corrected chi connectivity index (χ4v) is 2.45. The number of hydrogen-bond donors (Lipinski definition) is 1. The van der Waals surface area contributed by atoms with Crippen LogP contribution >= 0.6 is 0 Å². The van der Waals surface area contributed by atoms with Gasteiger partial charge in [-0.3, -0.25) is 0 Å². The van der Waals surface area contributed by atoms with Crippen molar-refractivity contribution in [2.45, 2.75) is 38.9 Å². The van der Waals surface area contributed by atoms with Crippen LogP contribution in [0.4, 0.5) is 18.9 Å². The molecule has 0 unspecified atom stereocenters. The Hall–Kier alpha value is -2.58. The van der Waals surface area contributed by atoms with Gasteiger partial charge in [-0.25, -0.2) is 14.5 Å². The second kappa shape index (κ2) is 7.54. The van der Waals surface area contributed by atoms with E-state index in [1.807, 2.05) is 0 Å². The largest absolute Gasteiger partial charge is 0.458 e. The Morgan fingerprint density at radius 1 is 1.44 bits per heavy atom. The van der Waals surface area contributed by atoms with Crippen LogP contribution in [-0.2, 0) is 11.3 Å². The molecule has 0 spiro atoms. The summed E-state index contributed by atoms with van der Waals surface area (Å²) in [7, 11) is 0. The van der Waals surface area contributed by atoms with Gasteiger partial charge >= 0.3 is 12.1 Å². The van der Waals surface area contributed by atoms with Crippen molar-refractivity contribution in [2.24, 2.45) is 0 Å². The molecule has 0 radical (unpaired) electrons. The molecule has 9 heteroatoms. The van der Waals surface area contributed by atoms with Gasteiger partial charge in [0.2, 0.25) is 0 Å². The molecule has 2 aromatic heterocycles. The molecule has 0 bridgehead atoms. The van der Waals surface area contributed by atoms with Crippen LogP contribution in [0.5, 0.6) is 0 Å². The first-order valence-electron chi connectivity index (χ1n) is 7.71. The number of alkyl halides is 3. The van der Waals surface area contributed by atoms with Crippen molar-refractivity contribution in [1.29, 1.82) is 0 Å². The molecule has 2 aromatic rings. The fourth-order valence-electron chi connectivity index (χ4n) is 2.45. The Bertz CT molecular complexity index is 784. The van der Waals surface area contributed by atoms with Crippen LogP contribution in [0.15, 0.2) is 18.9 Å². The van der Waals surface area contributed by atoms with Crippen molar-refractivity contribution in [1.82, 2.24) is 14.8 Å². The molecular weight excluding hydrogens is 337 g/mol. The van der Waals surface area contributed by atoms with E-state index in [9.17, 15) is 18.0 Å². The predicted molar refractivity (Wildman–Crippen MR) is 87.1 cm³/mol. The van der Waals surface area contributed by atoms with Crippen LogP contribution in [0.2, 0.25) is 0 Å². The fraction of sp³-hybridized carbons (Fsp3) is 0.438. The number of rotatable bonds is 7. The van der Waals surface area contributed by atoms with Crippen molar-refractivity contribution < 1.29 is 22.7 Å². The maximum absolute atomic E-state index is 12.2. The maximum atomic E-state index is 12.2. The van der Waals surface area contributed by atoms with Gasteiger partial charge < -0.3 is 10.5 Å². The van der Waals surface area contributed by atoms with E-state index in [4.69, 9.17) is 10.5 Å². The Morgan fingerprint density at radius 3 is 2.80 bits per heavy atom. The summed E-state index contributed by atoms with van der Waals surface area (Å²) in [6.07, 6.45) is -1.79. The highest BCUT2D eigenvalue weighted by Crippen LogP contribution is 2.27. The van der Waals surface area contributed by atoms with Crippen LogP contribution in [0, 0.1) is 6.92 Å². The van der Waals surface area contributed by atoms with Crippen LogP contribution in [0.25, 0.3) is 11.0 Å². The van der Waals surface area contributed by atoms with Crippen LogP contribution in [-0.4, -0.2) is 33.5 Å². The topological polar surface area (TPSA) is 83.0 Å². The molecule has 0 aliphatic rings. The summed E-state index contributed by atoms with van der Waals surface area (Å²) in [5.74, 6) is -0.609. The molecule has 25 heavy (non-hydrogen) atoms. The molecular formula is C16H19F3N4O2. The Labute approximate surface area is 142 Å². The van der Waals surface area contributed by atoms with Gasteiger partial charge in [0, 0.05) is 13.0 Å². The average Bonchev–Trinajstić information content (AvgIpc) is 2.91. The number of aromatic nitrogens is 3. The minimum absolute atomic E-state index is 0.00524. The number of anilines is 1. The van der Waals surface area contributed by atoms with Gasteiger partial charge in [-0.2, -0.15) is 18.3 Å². The highest BCUT2D eigenvalue weighted by molar-refractivity contribution is 6.04. The molecule has 0 aromatic carbocycles. The predicted octanol–water partition coefficient (Wildman–Crippen LogP) is 3.40. The zero-order valence-electron chi connectivity index (χ0n) is 13.8. The molecule has 6 nitrogen and oxygen atoms in total. The number of carbonyl (C=O) groups excluding carboxylic acids is 1. The van der Waals surface area contributed by atoms with Gasteiger partial charge in [-0.05, 0) is 19.8 Å². The lowest BCUT2D eigenvalue weighted by Gasteiger charge is -2.10. The minimum Gasteiger partial charge on any atom is -0.458 e. The molecule has 2 rings (SSSR count). The van der Waals surface area contributed by atoms with E-state index >= 15 is 0 Å². The van der Waals surface area contributed by atoms with Crippen molar-refractivity contribution in [2.75, 3.05) is 12.3 Å². The van der Waals surface area contributed by atoms with Crippen LogP contribution in [0.3, 0.4) is 0 Å². The van der Waals surface area contributed by atoms with Crippen molar-refractivity contribution in [3.8, 4) is 0 Å². The maximum Gasteiger partial charge on any atom is 0.389 e.